The van der Waals surface area contributed by atoms with E-state index in [0.29, 0.717) is 6.42 Å². The van der Waals surface area contributed by atoms with E-state index in [4.69, 9.17) is 0 Å². The van der Waals surface area contributed by atoms with E-state index in [1.165, 1.54) is 0 Å². The zero-order valence-corrected chi connectivity index (χ0v) is 11.1. The zero-order chi connectivity index (χ0) is 14.5. The van der Waals surface area contributed by atoms with E-state index in [1.54, 1.807) is 0 Å². The molecule has 19 heavy (non-hydrogen) atoms. The molecule has 1 aromatic rings. The predicted octanol–water partition coefficient (Wildman–Crippen LogP) is 2.65. The van der Waals surface area contributed by atoms with Crippen LogP contribution >= 0.6 is 0 Å². The fourth-order valence-corrected chi connectivity index (χ4v) is 2.05. The molecule has 0 aromatic carbocycles. The van der Waals surface area contributed by atoms with Gasteiger partial charge >= 0.3 is 6.18 Å². The number of rotatable bonds is 6. The highest BCUT2D eigenvalue weighted by Gasteiger charge is 2.33. The summed E-state index contributed by atoms with van der Waals surface area (Å²) in [4.78, 5) is 11.5. The molecule has 1 unspecified atom stereocenters. The summed E-state index contributed by atoms with van der Waals surface area (Å²) in [5, 5.41) is 3.09. The van der Waals surface area contributed by atoms with E-state index in [2.05, 4.69) is 5.32 Å². The van der Waals surface area contributed by atoms with Crippen LogP contribution in [0.2, 0.25) is 0 Å². The van der Waals surface area contributed by atoms with Crippen molar-refractivity contribution in [2.45, 2.75) is 44.9 Å². The van der Waals surface area contributed by atoms with Crippen LogP contribution in [-0.2, 0) is 12.7 Å². The Morgan fingerprint density at radius 2 is 2.05 bits per heavy atom. The average Bonchev–Trinajstić information content (AvgIpc) is 2.35. The van der Waals surface area contributed by atoms with Crippen LogP contribution in [0.25, 0.3) is 0 Å². The molecule has 0 aliphatic rings. The highest BCUT2D eigenvalue weighted by Crippen LogP contribution is 2.28. The van der Waals surface area contributed by atoms with E-state index in [-0.39, 0.29) is 12.6 Å². The second kappa shape index (κ2) is 6.75. The topological polar surface area (TPSA) is 34.0 Å². The first-order chi connectivity index (χ1) is 8.90. The summed E-state index contributed by atoms with van der Waals surface area (Å²) in [5.41, 5.74) is -1.48. The summed E-state index contributed by atoms with van der Waals surface area (Å²) >= 11 is 0. The molecule has 0 saturated carbocycles. The smallest absolute Gasteiger partial charge is 0.317 e. The first kappa shape index (κ1) is 15.8. The minimum Gasteiger partial charge on any atom is -0.317 e. The van der Waals surface area contributed by atoms with Gasteiger partial charge in [0.1, 0.15) is 5.69 Å². The van der Waals surface area contributed by atoms with Crippen molar-refractivity contribution in [3.05, 3.63) is 34.2 Å². The highest BCUT2D eigenvalue weighted by molar-refractivity contribution is 5.10. The van der Waals surface area contributed by atoms with Gasteiger partial charge in [0, 0.05) is 18.7 Å². The molecule has 0 aliphatic carbocycles. The van der Waals surface area contributed by atoms with Gasteiger partial charge in [0.25, 0.3) is 5.56 Å². The normalized spacial score (nSPS) is 13.5. The van der Waals surface area contributed by atoms with Crippen molar-refractivity contribution in [2.24, 2.45) is 0 Å². The summed E-state index contributed by atoms with van der Waals surface area (Å²) in [7, 11) is 1.82. The van der Waals surface area contributed by atoms with Crippen molar-refractivity contribution in [3.8, 4) is 0 Å². The standard InChI is InChI=1S/C13H19F3N2O/c1-3-10(17-2)6-5-9-18-11(13(14,15)16)7-4-8-12(18)19/h4,7-8,10,17H,3,5-6,9H2,1-2H3. The number of nitrogens with zero attached hydrogens (tertiary/aromatic N) is 1. The molecule has 0 fully saturated rings. The van der Waals surface area contributed by atoms with Crippen molar-refractivity contribution in [1.82, 2.24) is 9.88 Å². The number of aromatic nitrogens is 1. The maximum atomic E-state index is 12.8. The lowest BCUT2D eigenvalue weighted by Gasteiger charge is -2.17. The Kier molecular flexibility index (Phi) is 5.60. The Morgan fingerprint density at radius 1 is 1.37 bits per heavy atom. The second-order valence-electron chi connectivity index (χ2n) is 4.43. The molecule has 0 bridgehead atoms. The van der Waals surface area contributed by atoms with E-state index < -0.39 is 17.4 Å². The maximum Gasteiger partial charge on any atom is 0.431 e. The van der Waals surface area contributed by atoms with Crippen LogP contribution in [-0.4, -0.2) is 17.7 Å². The first-order valence-corrected chi connectivity index (χ1v) is 6.34. The number of hydrogen-bond donors (Lipinski definition) is 1. The Labute approximate surface area is 110 Å². The number of nitrogens with one attached hydrogen (secondary N) is 1. The van der Waals surface area contributed by atoms with Crippen LogP contribution in [0, 0.1) is 0 Å². The Bertz CT molecular complexity index is 450. The molecule has 6 heteroatoms. The Morgan fingerprint density at radius 3 is 2.58 bits per heavy atom. The minimum atomic E-state index is -4.49. The van der Waals surface area contributed by atoms with Gasteiger partial charge in [-0.15, -0.1) is 0 Å². The Balaban J connectivity index is 2.81. The molecule has 0 saturated heterocycles. The van der Waals surface area contributed by atoms with Gasteiger partial charge in [-0.1, -0.05) is 13.0 Å². The largest absolute Gasteiger partial charge is 0.431 e. The van der Waals surface area contributed by atoms with Crippen molar-refractivity contribution >= 4 is 0 Å². The van der Waals surface area contributed by atoms with Crippen LogP contribution < -0.4 is 10.9 Å². The van der Waals surface area contributed by atoms with E-state index in [9.17, 15) is 18.0 Å². The molecule has 1 N–H and O–H groups in total. The third-order valence-electron chi connectivity index (χ3n) is 3.18. The van der Waals surface area contributed by atoms with Crippen LogP contribution in [0.1, 0.15) is 31.9 Å². The number of alkyl halides is 3. The number of hydrogen-bond acceptors (Lipinski definition) is 2. The molecule has 0 radical (unpaired) electrons. The third kappa shape index (κ3) is 4.38. The van der Waals surface area contributed by atoms with E-state index >= 15 is 0 Å². The van der Waals surface area contributed by atoms with Crippen molar-refractivity contribution in [1.29, 1.82) is 0 Å². The minimum absolute atomic E-state index is 0.0900. The molecule has 1 aromatic heterocycles. The van der Waals surface area contributed by atoms with Crippen LogP contribution in [0.15, 0.2) is 23.0 Å². The van der Waals surface area contributed by atoms with Crippen molar-refractivity contribution in [3.63, 3.8) is 0 Å². The van der Waals surface area contributed by atoms with Crippen LogP contribution in [0.3, 0.4) is 0 Å². The molecule has 108 valence electrons. The average molecular weight is 276 g/mol. The molecule has 1 atom stereocenters. The lowest BCUT2D eigenvalue weighted by molar-refractivity contribution is -0.144. The summed E-state index contributed by atoms with van der Waals surface area (Å²) in [6, 6.07) is 3.51. The Hall–Kier alpha value is -1.30. The SMILES string of the molecule is CCC(CCCn1c(C(F)(F)F)cccc1=O)NC. The fraction of sp³-hybridized carbons (Fsp3) is 0.615. The summed E-state index contributed by atoms with van der Waals surface area (Å²) in [6.07, 6.45) is -2.31. The second-order valence-corrected chi connectivity index (χ2v) is 4.43. The maximum absolute atomic E-state index is 12.8. The van der Waals surface area contributed by atoms with Crippen molar-refractivity contribution < 1.29 is 13.2 Å². The fourth-order valence-electron chi connectivity index (χ4n) is 2.05. The molecular formula is C13H19F3N2O. The van der Waals surface area contributed by atoms with Gasteiger partial charge in [-0.05, 0) is 32.4 Å². The molecule has 1 rings (SSSR count). The van der Waals surface area contributed by atoms with Crippen molar-refractivity contribution in [2.75, 3.05) is 7.05 Å². The lowest BCUT2D eigenvalue weighted by atomic mass is 10.1. The third-order valence-corrected chi connectivity index (χ3v) is 3.18. The van der Waals surface area contributed by atoms with Gasteiger partial charge in [-0.25, -0.2) is 0 Å². The van der Waals surface area contributed by atoms with Gasteiger partial charge in [0.15, 0.2) is 0 Å². The molecule has 0 amide bonds. The molecular weight excluding hydrogens is 257 g/mol. The zero-order valence-electron chi connectivity index (χ0n) is 11.1. The monoisotopic (exact) mass is 276 g/mol. The molecule has 0 spiro atoms. The molecule has 3 nitrogen and oxygen atoms in total. The van der Waals surface area contributed by atoms with Gasteiger partial charge < -0.3 is 9.88 Å². The number of halogens is 3. The van der Waals surface area contributed by atoms with E-state index in [1.807, 2.05) is 14.0 Å². The van der Waals surface area contributed by atoms with Gasteiger partial charge in [-0.2, -0.15) is 13.2 Å². The van der Waals surface area contributed by atoms with Crippen LogP contribution in [0.5, 0.6) is 0 Å². The molecule has 0 aliphatic heterocycles. The summed E-state index contributed by atoms with van der Waals surface area (Å²) in [6.45, 7) is 2.10. The number of pyridine rings is 1. The van der Waals surface area contributed by atoms with Gasteiger partial charge in [-0.3, -0.25) is 4.79 Å². The van der Waals surface area contributed by atoms with Gasteiger partial charge in [0.2, 0.25) is 0 Å². The quantitative estimate of drug-likeness (QED) is 0.866. The first-order valence-electron chi connectivity index (χ1n) is 6.34. The lowest BCUT2D eigenvalue weighted by Crippen LogP contribution is -2.29. The van der Waals surface area contributed by atoms with Gasteiger partial charge in [0.05, 0.1) is 0 Å². The highest BCUT2D eigenvalue weighted by atomic mass is 19.4. The van der Waals surface area contributed by atoms with Crippen LogP contribution in [0.4, 0.5) is 13.2 Å². The summed E-state index contributed by atoms with van der Waals surface area (Å²) in [5.74, 6) is 0. The predicted molar refractivity (Wildman–Crippen MR) is 68.1 cm³/mol. The van der Waals surface area contributed by atoms with E-state index in [0.717, 1.165) is 35.6 Å². The molecule has 1 heterocycles. The summed E-state index contributed by atoms with van der Waals surface area (Å²) < 4.78 is 39.1.